The summed E-state index contributed by atoms with van der Waals surface area (Å²) in [7, 11) is 0. The van der Waals surface area contributed by atoms with Gasteiger partial charge in [-0.25, -0.2) is 0 Å². The molecule has 4 heteroatoms. The second-order valence-corrected chi connectivity index (χ2v) is 5.70. The Morgan fingerprint density at radius 3 is 2.75 bits per heavy atom. The average Bonchev–Trinajstić information content (AvgIpc) is 2.46. The molecule has 0 spiro atoms. The van der Waals surface area contributed by atoms with Crippen molar-refractivity contribution in [1.82, 2.24) is 0 Å². The molecule has 1 fully saturated rings. The van der Waals surface area contributed by atoms with Gasteiger partial charge < -0.3 is 20.9 Å². The lowest BCUT2D eigenvalue weighted by atomic mass is 9.85. The minimum atomic E-state index is -0.592. The van der Waals surface area contributed by atoms with Gasteiger partial charge in [0.2, 0.25) is 0 Å². The van der Waals surface area contributed by atoms with Crippen LogP contribution in [0.25, 0.3) is 0 Å². The summed E-state index contributed by atoms with van der Waals surface area (Å²) in [6.45, 7) is 3.28. The average molecular weight is 278 g/mol. The van der Waals surface area contributed by atoms with E-state index in [1.54, 1.807) is 0 Å². The fourth-order valence-electron chi connectivity index (χ4n) is 2.68. The SMILES string of the molecule is CCCOc1cccc(NCC2(O)CCCCC2)c1N. The Labute approximate surface area is 121 Å². The Kier molecular flexibility index (Phi) is 5.12. The van der Waals surface area contributed by atoms with Gasteiger partial charge in [0, 0.05) is 6.54 Å². The van der Waals surface area contributed by atoms with Gasteiger partial charge in [0.1, 0.15) is 5.75 Å². The third kappa shape index (κ3) is 3.79. The lowest BCUT2D eigenvalue weighted by Crippen LogP contribution is -2.38. The van der Waals surface area contributed by atoms with E-state index < -0.39 is 5.60 Å². The molecule has 4 N–H and O–H groups in total. The van der Waals surface area contributed by atoms with E-state index in [1.807, 2.05) is 18.2 Å². The minimum absolute atomic E-state index is 0.550. The number of hydrogen-bond acceptors (Lipinski definition) is 4. The van der Waals surface area contributed by atoms with Crippen LogP contribution in [0.1, 0.15) is 45.4 Å². The molecule has 0 bridgehead atoms. The van der Waals surface area contributed by atoms with Crippen molar-refractivity contribution < 1.29 is 9.84 Å². The number of nitrogens with one attached hydrogen (secondary N) is 1. The van der Waals surface area contributed by atoms with E-state index in [-0.39, 0.29) is 0 Å². The summed E-state index contributed by atoms with van der Waals surface area (Å²) in [5.41, 5.74) is 6.99. The summed E-state index contributed by atoms with van der Waals surface area (Å²) >= 11 is 0. The number of rotatable bonds is 6. The first kappa shape index (κ1) is 15.0. The second-order valence-electron chi connectivity index (χ2n) is 5.70. The molecule has 0 unspecified atom stereocenters. The van der Waals surface area contributed by atoms with E-state index in [2.05, 4.69) is 12.2 Å². The first-order valence-electron chi connectivity index (χ1n) is 7.62. The van der Waals surface area contributed by atoms with E-state index in [0.29, 0.717) is 24.6 Å². The van der Waals surface area contributed by atoms with Gasteiger partial charge in [-0.05, 0) is 31.4 Å². The summed E-state index contributed by atoms with van der Waals surface area (Å²) in [4.78, 5) is 0. The molecule has 0 radical (unpaired) electrons. The number of ether oxygens (including phenoxy) is 1. The second kappa shape index (κ2) is 6.84. The molecule has 2 rings (SSSR count). The molecule has 0 aliphatic heterocycles. The van der Waals surface area contributed by atoms with Crippen LogP contribution in [0.5, 0.6) is 5.75 Å². The standard InChI is InChI=1S/C16H26N2O2/c1-2-11-20-14-8-6-7-13(15(14)17)18-12-16(19)9-4-3-5-10-16/h6-8,18-19H,2-5,9-12,17H2,1H3. The van der Waals surface area contributed by atoms with Crippen molar-refractivity contribution in [2.45, 2.75) is 51.0 Å². The van der Waals surface area contributed by atoms with E-state index in [0.717, 1.165) is 37.8 Å². The molecular weight excluding hydrogens is 252 g/mol. The van der Waals surface area contributed by atoms with Crippen molar-refractivity contribution in [1.29, 1.82) is 0 Å². The molecule has 1 aliphatic rings. The summed E-state index contributed by atoms with van der Waals surface area (Å²) in [5.74, 6) is 0.715. The molecule has 1 aromatic rings. The van der Waals surface area contributed by atoms with Crippen molar-refractivity contribution in [3.8, 4) is 5.75 Å². The smallest absolute Gasteiger partial charge is 0.144 e. The van der Waals surface area contributed by atoms with Gasteiger partial charge in [0.05, 0.1) is 23.6 Å². The predicted molar refractivity (Wildman–Crippen MR) is 83.2 cm³/mol. The Hall–Kier alpha value is -1.42. The van der Waals surface area contributed by atoms with Crippen molar-refractivity contribution in [3.63, 3.8) is 0 Å². The van der Waals surface area contributed by atoms with Crippen LogP contribution in [-0.4, -0.2) is 23.9 Å². The molecule has 1 aromatic carbocycles. The van der Waals surface area contributed by atoms with E-state index >= 15 is 0 Å². The molecule has 4 nitrogen and oxygen atoms in total. The Morgan fingerprint density at radius 1 is 1.30 bits per heavy atom. The van der Waals surface area contributed by atoms with Gasteiger partial charge in [0.15, 0.2) is 0 Å². The number of para-hydroxylation sites is 1. The Balaban J connectivity index is 1.98. The van der Waals surface area contributed by atoms with Crippen LogP contribution < -0.4 is 15.8 Å². The van der Waals surface area contributed by atoms with Crippen molar-refractivity contribution >= 4 is 11.4 Å². The number of nitrogen functional groups attached to an aromatic ring is 1. The molecule has 0 aromatic heterocycles. The molecule has 0 saturated heterocycles. The lowest BCUT2D eigenvalue weighted by Gasteiger charge is -2.32. The van der Waals surface area contributed by atoms with Gasteiger partial charge in [-0.1, -0.05) is 32.3 Å². The van der Waals surface area contributed by atoms with Gasteiger partial charge in [-0.15, -0.1) is 0 Å². The normalized spacial score (nSPS) is 17.7. The maximum Gasteiger partial charge on any atom is 0.144 e. The zero-order valence-electron chi connectivity index (χ0n) is 12.3. The van der Waals surface area contributed by atoms with Crippen molar-refractivity contribution in [2.75, 3.05) is 24.2 Å². The fraction of sp³-hybridized carbons (Fsp3) is 0.625. The number of aliphatic hydroxyl groups is 1. The first-order chi connectivity index (χ1) is 9.64. The van der Waals surface area contributed by atoms with Crippen LogP contribution in [0.3, 0.4) is 0 Å². The summed E-state index contributed by atoms with van der Waals surface area (Å²) in [5, 5.41) is 13.8. The summed E-state index contributed by atoms with van der Waals surface area (Å²) < 4.78 is 5.62. The van der Waals surface area contributed by atoms with Gasteiger partial charge in [-0.3, -0.25) is 0 Å². The fourth-order valence-corrected chi connectivity index (χ4v) is 2.68. The molecule has 112 valence electrons. The lowest BCUT2D eigenvalue weighted by molar-refractivity contribution is 0.0167. The third-order valence-corrected chi connectivity index (χ3v) is 3.92. The molecule has 20 heavy (non-hydrogen) atoms. The highest BCUT2D eigenvalue weighted by molar-refractivity contribution is 5.73. The zero-order valence-corrected chi connectivity index (χ0v) is 12.3. The quantitative estimate of drug-likeness (QED) is 0.699. The largest absolute Gasteiger partial charge is 0.491 e. The maximum atomic E-state index is 10.5. The molecule has 1 saturated carbocycles. The van der Waals surface area contributed by atoms with E-state index in [9.17, 15) is 5.11 Å². The van der Waals surface area contributed by atoms with Crippen LogP contribution in [0.2, 0.25) is 0 Å². The summed E-state index contributed by atoms with van der Waals surface area (Å²) in [6, 6.07) is 5.74. The molecule has 0 amide bonds. The highest BCUT2D eigenvalue weighted by Crippen LogP contribution is 2.32. The van der Waals surface area contributed by atoms with E-state index in [4.69, 9.17) is 10.5 Å². The van der Waals surface area contributed by atoms with E-state index in [1.165, 1.54) is 6.42 Å². The van der Waals surface area contributed by atoms with Crippen LogP contribution in [-0.2, 0) is 0 Å². The highest BCUT2D eigenvalue weighted by atomic mass is 16.5. The molecule has 0 heterocycles. The maximum absolute atomic E-state index is 10.5. The minimum Gasteiger partial charge on any atom is -0.491 e. The Bertz CT molecular complexity index is 428. The van der Waals surface area contributed by atoms with Crippen LogP contribution in [0.4, 0.5) is 11.4 Å². The van der Waals surface area contributed by atoms with Crippen molar-refractivity contribution in [3.05, 3.63) is 18.2 Å². The molecule has 1 aliphatic carbocycles. The molecule has 0 atom stereocenters. The molecular formula is C16H26N2O2. The van der Waals surface area contributed by atoms with Crippen molar-refractivity contribution in [2.24, 2.45) is 0 Å². The number of nitrogens with two attached hydrogens (primary N) is 1. The highest BCUT2D eigenvalue weighted by Gasteiger charge is 2.28. The van der Waals surface area contributed by atoms with Gasteiger partial charge in [0.25, 0.3) is 0 Å². The monoisotopic (exact) mass is 278 g/mol. The van der Waals surface area contributed by atoms with Crippen LogP contribution in [0, 0.1) is 0 Å². The third-order valence-electron chi connectivity index (χ3n) is 3.92. The topological polar surface area (TPSA) is 67.5 Å². The number of hydrogen-bond donors (Lipinski definition) is 3. The Morgan fingerprint density at radius 2 is 2.05 bits per heavy atom. The summed E-state index contributed by atoms with van der Waals surface area (Å²) in [6.07, 6.45) is 6.13. The van der Waals surface area contributed by atoms with Gasteiger partial charge >= 0.3 is 0 Å². The van der Waals surface area contributed by atoms with Crippen LogP contribution >= 0.6 is 0 Å². The zero-order chi connectivity index (χ0) is 14.4. The predicted octanol–water partition coefficient (Wildman–Crippen LogP) is 3.16. The van der Waals surface area contributed by atoms with Gasteiger partial charge in [-0.2, -0.15) is 0 Å². The first-order valence-corrected chi connectivity index (χ1v) is 7.62. The number of benzene rings is 1. The number of anilines is 2. The van der Waals surface area contributed by atoms with Crippen LogP contribution in [0.15, 0.2) is 18.2 Å².